The second-order valence-corrected chi connectivity index (χ2v) is 7.40. The minimum absolute atomic E-state index is 0.0286. The van der Waals surface area contributed by atoms with Gasteiger partial charge in [-0.15, -0.1) is 0 Å². The molecule has 3 aromatic carbocycles. The van der Waals surface area contributed by atoms with Gasteiger partial charge in [-0.3, -0.25) is 0 Å². The molecule has 4 rings (SSSR count). The molecule has 1 fully saturated rings. The summed E-state index contributed by atoms with van der Waals surface area (Å²) in [6.07, 6.45) is -10.1. The van der Waals surface area contributed by atoms with E-state index in [4.69, 9.17) is 0 Å². The highest BCUT2D eigenvalue weighted by molar-refractivity contribution is 5.77. The summed E-state index contributed by atoms with van der Waals surface area (Å²) in [5.74, 6) is -0.709. The fourth-order valence-electron chi connectivity index (χ4n) is 3.81. The van der Waals surface area contributed by atoms with Crippen LogP contribution in [0, 0.1) is 0 Å². The lowest BCUT2D eigenvalue weighted by Gasteiger charge is -2.27. The topological polar surface area (TPSA) is 26.7 Å². The quantitative estimate of drug-likeness (QED) is 0.336. The highest BCUT2D eigenvalue weighted by Gasteiger charge is 2.40. The maximum absolute atomic E-state index is 13.8. The first kappa shape index (κ1) is 22.6. The first-order chi connectivity index (χ1) is 15.6. The molecule has 0 aliphatic carbocycles. The Morgan fingerprint density at radius 2 is 1.15 bits per heavy atom. The van der Waals surface area contributed by atoms with Gasteiger partial charge in [0.25, 0.3) is 0 Å². The van der Waals surface area contributed by atoms with Crippen LogP contribution in [0.3, 0.4) is 0 Å². The zero-order chi connectivity index (χ0) is 23.8. The molecule has 3 aromatic rings. The minimum atomic E-state index is -5.11. The van der Waals surface area contributed by atoms with Gasteiger partial charge in [-0.05, 0) is 42.5 Å². The maximum atomic E-state index is 13.8. The lowest BCUT2D eigenvalue weighted by atomic mass is 10.0. The molecule has 0 saturated carbocycles. The molecule has 3 nitrogen and oxygen atoms in total. The summed E-state index contributed by atoms with van der Waals surface area (Å²) >= 11 is 0. The third kappa shape index (κ3) is 4.48. The van der Waals surface area contributed by atoms with Crippen LogP contribution in [0.1, 0.15) is 16.7 Å². The zero-order valence-corrected chi connectivity index (χ0v) is 17.0. The first-order valence-corrected chi connectivity index (χ1v) is 9.94. The number of benzene rings is 3. The molecule has 33 heavy (non-hydrogen) atoms. The van der Waals surface area contributed by atoms with Gasteiger partial charge >= 0.3 is 12.4 Å². The Morgan fingerprint density at radius 3 is 1.58 bits per heavy atom. The minimum Gasteiger partial charge on any atom is -0.504 e. The van der Waals surface area contributed by atoms with Crippen LogP contribution in [-0.2, 0) is 12.4 Å². The summed E-state index contributed by atoms with van der Waals surface area (Å²) < 4.78 is 80.6. The summed E-state index contributed by atoms with van der Waals surface area (Å²) in [6.45, 7) is 0.695. The van der Waals surface area contributed by atoms with Crippen molar-refractivity contribution in [2.45, 2.75) is 12.4 Å². The van der Waals surface area contributed by atoms with Gasteiger partial charge in [-0.2, -0.15) is 26.3 Å². The van der Waals surface area contributed by atoms with E-state index in [0.717, 1.165) is 0 Å². The van der Waals surface area contributed by atoms with Crippen molar-refractivity contribution >= 4 is 17.1 Å². The fourth-order valence-corrected chi connectivity index (χ4v) is 3.81. The molecule has 0 spiro atoms. The van der Waals surface area contributed by atoms with Crippen LogP contribution in [0.4, 0.5) is 37.7 Å². The van der Waals surface area contributed by atoms with Crippen LogP contribution in [0.2, 0.25) is 0 Å². The van der Waals surface area contributed by atoms with E-state index in [0.29, 0.717) is 36.6 Å². The van der Waals surface area contributed by atoms with E-state index in [2.05, 4.69) is 0 Å². The Bertz CT molecular complexity index is 1110. The Labute approximate surface area is 185 Å². The summed E-state index contributed by atoms with van der Waals surface area (Å²) in [5, 5.41) is 11.1. The van der Waals surface area contributed by atoms with Crippen molar-refractivity contribution in [2.24, 2.45) is 0 Å². The SMILES string of the molecule is OC(=C1N(c2ccccc2)CCN1c1ccccc1)c1ccc(C(F)(F)F)cc1C(F)(F)F. The first-order valence-electron chi connectivity index (χ1n) is 9.94. The van der Waals surface area contributed by atoms with Crippen LogP contribution in [0.5, 0.6) is 0 Å². The molecule has 0 atom stereocenters. The van der Waals surface area contributed by atoms with Crippen molar-refractivity contribution < 1.29 is 31.4 Å². The second-order valence-electron chi connectivity index (χ2n) is 7.40. The predicted molar refractivity (Wildman–Crippen MR) is 114 cm³/mol. The van der Waals surface area contributed by atoms with Gasteiger partial charge in [0.2, 0.25) is 0 Å². The molecular weight excluding hydrogens is 446 g/mol. The number of nitrogens with zero attached hydrogens (tertiary/aromatic N) is 2. The van der Waals surface area contributed by atoms with Gasteiger partial charge in [0.1, 0.15) is 0 Å². The maximum Gasteiger partial charge on any atom is 0.417 e. The number of para-hydroxylation sites is 2. The molecule has 0 amide bonds. The molecular formula is C24H18F6N2O. The molecule has 0 aromatic heterocycles. The van der Waals surface area contributed by atoms with Gasteiger partial charge < -0.3 is 14.9 Å². The van der Waals surface area contributed by atoms with Crippen LogP contribution in [0.25, 0.3) is 5.76 Å². The van der Waals surface area contributed by atoms with E-state index in [1.54, 1.807) is 70.5 Å². The average molecular weight is 464 g/mol. The third-order valence-electron chi connectivity index (χ3n) is 5.31. The predicted octanol–water partition coefficient (Wildman–Crippen LogP) is 6.94. The van der Waals surface area contributed by atoms with E-state index in [1.807, 2.05) is 0 Å². The molecule has 9 heteroatoms. The number of aliphatic hydroxyl groups excluding tert-OH is 1. The van der Waals surface area contributed by atoms with Crippen molar-refractivity contribution in [1.82, 2.24) is 0 Å². The van der Waals surface area contributed by atoms with Crippen molar-refractivity contribution in [2.75, 3.05) is 22.9 Å². The van der Waals surface area contributed by atoms with Gasteiger partial charge in [-0.25, -0.2) is 0 Å². The normalized spacial score (nSPS) is 14.7. The Kier molecular flexibility index (Phi) is 5.73. The molecule has 1 aliphatic rings. The Balaban J connectivity index is 1.94. The average Bonchev–Trinajstić information content (AvgIpc) is 3.23. The molecule has 0 unspecified atom stereocenters. The van der Waals surface area contributed by atoms with Gasteiger partial charge in [0.15, 0.2) is 11.6 Å². The summed E-state index contributed by atoms with van der Waals surface area (Å²) in [4.78, 5) is 3.28. The smallest absolute Gasteiger partial charge is 0.417 e. The van der Waals surface area contributed by atoms with E-state index in [1.165, 1.54) is 0 Å². The second kappa shape index (κ2) is 8.38. The van der Waals surface area contributed by atoms with E-state index in [-0.39, 0.29) is 11.9 Å². The number of rotatable bonds is 3. The lowest BCUT2D eigenvalue weighted by Crippen LogP contribution is -2.25. The molecule has 0 bridgehead atoms. The largest absolute Gasteiger partial charge is 0.504 e. The van der Waals surface area contributed by atoms with Crippen LogP contribution in [-0.4, -0.2) is 18.2 Å². The van der Waals surface area contributed by atoms with Gasteiger partial charge in [-0.1, -0.05) is 36.4 Å². The molecule has 1 saturated heterocycles. The Hall–Kier alpha value is -3.62. The number of alkyl halides is 6. The van der Waals surface area contributed by atoms with Gasteiger partial charge in [0, 0.05) is 30.0 Å². The number of hydrogen-bond donors (Lipinski definition) is 1. The van der Waals surface area contributed by atoms with E-state index in [9.17, 15) is 31.4 Å². The standard InChI is InChI=1S/C24H18F6N2O/c25-23(26,27)16-11-12-19(20(15-16)24(28,29)30)21(33)22-31(17-7-3-1-4-8-17)13-14-32(22)18-9-5-2-6-10-18/h1-12,15,33H,13-14H2. The van der Waals surface area contributed by atoms with Crippen LogP contribution >= 0.6 is 0 Å². The van der Waals surface area contributed by atoms with E-state index >= 15 is 0 Å². The van der Waals surface area contributed by atoms with Crippen LogP contribution in [0.15, 0.2) is 84.7 Å². The summed E-state index contributed by atoms with van der Waals surface area (Å²) in [6, 6.07) is 18.7. The number of anilines is 2. The molecule has 1 heterocycles. The molecule has 1 N–H and O–H groups in total. The highest BCUT2D eigenvalue weighted by atomic mass is 19.4. The van der Waals surface area contributed by atoms with Crippen molar-refractivity contribution in [1.29, 1.82) is 0 Å². The zero-order valence-electron chi connectivity index (χ0n) is 17.0. The number of halogens is 6. The molecule has 172 valence electrons. The van der Waals surface area contributed by atoms with Crippen molar-refractivity contribution in [3.63, 3.8) is 0 Å². The van der Waals surface area contributed by atoms with Crippen molar-refractivity contribution in [3.8, 4) is 0 Å². The van der Waals surface area contributed by atoms with Crippen LogP contribution < -0.4 is 9.80 Å². The fraction of sp³-hybridized carbons (Fsp3) is 0.167. The summed E-state index contributed by atoms with van der Waals surface area (Å²) in [5.41, 5.74) is -2.48. The number of hydrogen-bond acceptors (Lipinski definition) is 3. The van der Waals surface area contributed by atoms with Crippen molar-refractivity contribution in [3.05, 3.63) is 101 Å². The third-order valence-corrected chi connectivity index (χ3v) is 5.31. The van der Waals surface area contributed by atoms with E-state index < -0.39 is 34.8 Å². The molecule has 0 radical (unpaired) electrons. The Morgan fingerprint density at radius 1 is 0.667 bits per heavy atom. The van der Waals surface area contributed by atoms with Gasteiger partial charge in [0.05, 0.1) is 11.1 Å². The molecule has 1 aliphatic heterocycles. The summed E-state index contributed by atoms with van der Waals surface area (Å²) in [7, 11) is 0. The number of aliphatic hydroxyl groups is 1. The highest BCUT2D eigenvalue weighted by Crippen LogP contribution is 2.41. The monoisotopic (exact) mass is 464 g/mol. The lowest BCUT2D eigenvalue weighted by molar-refractivity contribution is -0.143.